The fourth-order valence-electron chi connectivity index (χ4n) is 4.78. The van der Waals surface area contributed by atoms with E-state index in [0.29, 0.717) is 5.82 Å². The van der Waals surface area contributed by atoms with Crippen LogP contribution < -0.4 is 5.32 Å². The van der Waals surface area contributed by atoms with Crippen LogP contribution >= 0.6 is 0 Å². The van der Waals surface area contributed by atoms with Gasteiger partial charge in [0, 0.05) is 17.9 Å². The molecule has 124 valence electrons. The molecule has 1 atom stereocenters. The highest BCUT2D eigenvalue weighted by Crippen LogP contribution is 2.61. The SMILES string of the molecule is C[C@]1(C(=O)Nc2ccn[nH]2)CC2c3ccccc3C1c1ccccc12. The van der Waals surface area contributed by atoms with Gasteiger partial charge in [-0.1, -0.05) is 48.5 Å². The lowest BCUT2D eigenvalue weighted by Crippen LogP contribution is -2.47. The molecule has 3 aromatic rings. The van der Waals surface area contributed by atoms with Crippen molar-refractivity contribution in [2.24, 2.45) is 5.41 Å². The molecule has 0 radical (unpaired) electrons. The van der Waals surface area contributed by atoms with E-state index in [1.807, 2.05) is 0 Å². The van der Waals surface area contributed by atoms with Gasteiger partial charge in [0.05, 0.1) is 11.6 Å². The van der Waals surface area contributed by atoms with Gasteiger partial charge in [-0.05, 0) is 35.6 Å². The molecule has 3 aliphatic rings. The minimum atomic E-state index is -0.488. The average molecular weight is 329 g/mol. The molecule has 1 amide bonds. The Morgan fingerprint density at radius 3 is 2.20 bits per heavy atom. The first-order valence-electron chi connectivity index (χ1n) is 8.67. The lowest BCUT2D eigenvalue weighted by atomic mass is 9.52. The normalized spacial score (nSPS) is 26.0. The number of amides is 1. The third-order valence-electron chi connectivity index (χ3n) is 5.90. The fourth-order valence-corrected chi connectivity index (χ4v) is 4.78. The first kappa shape index (κ1) is 14.5. The van der Waals surface area contributed by atoms with Gasteiger partial charge in [-0.25, -0.2) is 0 Å². The number of benzene rings is 2. The maximum absolute atomic E-state index is 13.2. The van der Waals surface area contributed by atoms with Crippen LogP contribution in [-0.4, -0.2) is 16.1 Å². The second-order valence-corrected chi connectivity index (χ2v) is 7.29. The number of aromatic nitrogens is 2. The van der Waals surface area contributed by atoms with E-state index in [4.69, 9.17) is 0 Å². The molecule has 0 saturated carbocycles. The van der Waals surface area contributed by atoms with Gasteiger partial charge in [-0.3, -0.25) is 9.89 Å². The quantitative estimate of drug-likeness (QED) is 0.745. The summed E-state index contributed by atoms with van der Waals surface area (Å²) < 4.78 is 0. The van der Waals surface area contributed by atoms with Crippen LogP contribution in [0.15, 0.2) is 60.8 Å². The second-order valence-electron chi connectivity index (χ2n) is 7.29. The Bertz CT molecular complexity index is 915. The molecule has 0 unspecified atom stereocenters. The van der Waals surface area contributed by atoms with Gasteiger partial charge < -0.3 is 5.32 Å². The zero-order chi connectivity index (χ0) is 17.0. The van der Waals surface area contributed by atoms with E-state index in [2.05, 4.69) is 71.0 Å². The van der Waals surface area contributed by atoms with Crippen LogP contribution in [0.4, 0.5) is 5.82 Å². The standard InChI is InChI=1S/C21H19N3O/c1-21(20(25)23-18-10-11-22-24-18)12-17-13-6-2-4-8-15(13)19(21)16-9-5-3-7-14(16)17/h2-11,17,19H,12H2,1H3,(H2,22,23,24,25)/t17?,19?,21-/m0/s1. The molecular weight excluding hydrogens is 310 g/mol. The number of anilines is 1. The number of rotatable bonds is 2. The Hall–Kier alpha value is -2.88. The monoisotopic (exact) mass is 329 g/mol. The number of fused-ring (bicyclic) bond motifs is 1. The predicted octanol–water partition coefficient (Wildman–Crippen LogP) is 4.04. The minimum Gasteiger partial charge on any atom is -0.311 e. The van der Waals surface area contributed by atoms with E-state index in [0.717, 1.165) is 6.42 Å². The van der Waals surface area contributed by atoms with Crippen molar-refractivity contribution in [3.05, 3.63) is 83.0 Å². The van der Waals surface area contributed by atoms with Gasteiger partial charge in [0.2, 0.25) is 5.91 Å². The van der Waals surface area contributed by atoms with Crippen LogP contribution in [0.2, 0.25) is 0 Å². The maximum Gasteiger partial charge on any atom is 0.232 e. The highest BCUT2D eigenvalue weighted by atomic mass is 16.2. The zero-order valence-electron chi connectivity index (χ0n) is 14.0. The lowest BCUT2D eigenvalue weighted by Gasteiger charge is -2.50. The second kappa shape index (κ2) is 5.06. The van der Waals surface area contributed by atoms with Crippen molar-refractivity contribution in [2.45, 2.75) is 25.2 Å². The molecule has 25 heavy (non-hydrogen) atoms. The van der Waals surface area contributed by atoms with E-state index < -0.39 is 5.41 Å². The van der Waals surface area contributed by atoms with Gasteiger partial charge in [0.25, 0.3) is 0 Å². The summed E-state index contributed by atoms with van der Waals surface area (Å²) in [5.74, 6) is 1.05. The number of hydrogen-bond donors (Lipinski definition) is 2. The molecule has 0 spiro atoms. The van der Waals surface area contributed by atoms with E-state index in [1.165, 1.54) is 22.3 Å². The summed E-state index contributed by atoms with van der Waals surface area (Å²) in [6, 6.07) is 18.9. The van der Waals surface area contributed by atoms with Gasteiger partial charge in [-0.15, -0.1) is 0 Å². The van der Waals surface area contributed by atoms with E-state index in [9.17, 15) is 4.79 Å². The molecule has 0 fully saturated rings. The topological polar surface area (TPSA) is 57.8 Å². The summed E-state index contributed by atoms with van der Waals surface area (Å²) in [6.07, 6.45) is 2.47. The Morgan fingerprint density at radius 2 is 1.64 bits per heavy atom. The van der Waals surface area contributed by atoms with Crippen LogP contribution in [0.3, 0.4) is 0 Å². The number of H-pyrrole nitrogens is 1. The summed E-state index contributed by atoms with van der Waals surface area (Å²) >= 11 is 0. The van der Waals surface area contributed by atoms with Crippen molar-refractivity contribution < 1.29 is 4.79 Å². The molecule has 2 N–H and O–H groups in total. The number of hydrogen-bond acceptors (Lipinski definition) is 2. The van der Waals surface area contributed by atoms with Crippen LogP contribution in [0.5, 0.6) is 0 Å². The van der Waals surface area contributed by atoms with Crippen LogP contribution in [-0.2, 0) is 4.79 Å². The Labute approximate surface area is 146 Å². The molecule has 2 aromatic carbocycles. The predicted molar refractivity (Wildman–Crippen MR) is 96.5 cm³/mol. The van der Waals surface area contributed by atoms with Gasteiger partial charge in [0.15, 0.2) is 0 Å². The van der Waals surface area contributed by atoms with Crippen LogP contribution in [0.1, 0.15) is 47.4 Å². The Balaban J connectivity index is 1.65. The van der Waals surface area contributed by atoms with Crippen molar-refractivity contribution in [2.75, 3.05) is 5.32 Å². The first-order chi connectivity index (χ1) is 12.2. The largest absolute Gasteiger partial charge is 0.311 e. The minimum absolute atomic E-state index is 0.0516. The Morgan fingerprint density at radius 1 is 1.04 bits per heavy atom. The number of nitrogens with one attached hydrogen (secondary N) is 2. The highest BCUT2D eigenvalue weighted by Gasteiger charge is 2.53. The molecule has 1 heterocycles. The molecule has 3 aliphatic carbocycles. The van der Waals surface area contributed by atoms with Crippen molar-refractivity contribution >= 4 is 11.7 Å². The summed E-state index contributed by atoms with van der Waals surface area (Å²) in [5.41, 5.74) is 4.84. The highest BCUT2D eigenvalue weighted by molar-refractivity contribution is 5.96. The fraction of sp³-hybridized carbons (Fsp3) is 0.238. The molecular formula is C21H19N3O. The average Bonchev–Trinajstić information content (AvgIpc) is 3.15. The molecule has 0 saturated heterocycles. The van der Waals surface area contributed by atoms with E-state index in [1.54, 1.807) is 12.3 Å². The van der Waals surface area contributed by atoms with Gasteiger partial charge >= 0.3 is 0 Å². The Kier molecular flexibility index (Phi) is 2.93. The summed E-state index contributed by atoms with van der Waals surface area (Å²) in [5, 5.41) is 9.77. The smallest absolute Gasteiger partial charge is 0.232 e. The molecule has 6 rings (SSSR count). The number of aromatic amines is 1. The molecule has 4 nitrogen and oxygen atoms in total. The van der Waals surface area contributed by atoms with Crippen molar-refractivity contribution in [1.29, 1.82) is 0 Å². The maximum atomic E-state index is 13.2. The third kappa shape index (κ3) is 1.94. The summed E-state index contributed by atoms with van der Waals surface area (Å²) in [6.45, 7) is 2.10. The van der Waals surface area contributed by atoms with Gasteiger partial charge in [0.1, 0.15) is 5.82 Å². The molecule has 2 bridgehead atoms. The number of nitrogens with zero attached hydrogens (tertiary/aromatic N) is 1. The zero-order valence-corrected chi connectivity index (χ0v) is 14.0. The van der Waals surface area contributed by atoms with Gasteiger partial charge in [-0.2, -0.15) is 5.10 Å². The molecule has 1 aromatic heterocycles. The van der Waals surface area contributed by atoms with Crippen LogP contribution in [0, 0.1) is 5.41 Å². The van der Waals surface area contributed by atoms with Crippen molar-refractivity contribution in [3.8, 4) is 0 Å². The number of carbonyl (C=O) groups is 1. The van der Waals surface area contributed by atoms with Crippen molar-refractivity contribution in [1.82, 2.24) is 10.2 Å². The first-order valence-corrected chi connectivity index (χ1v) is 8.67. The molecule has 0 aliphatic heterocycles. The molecule has 4 heteroatoms. The third-order valence-corrected chi connectivity index (χ3v) is 5.90. The summed E-state index contributed by atoms with van der Waals surface area (Å²) in [4.78, 5) is 13.2. The van der Waals surface area contributed by atoms with Crippen LogP contribution in [0.25, 0.3) is 0 Å². The van der Waals surface area contributed by atoms with Crippen molar-refractivity contribution in [3.63, 3.8) is 0 Å². The summed E-state index contributed by atoms with van der Waals surface area (Å²) in [7, 11) is 0. The number of carbonyl (C=O) groups excluding carboxylic acids is 1. The lowest BCUT2D eigenvalue weighted by molar-refractivity contribution is -0.126. The van der Waals surface area contributed by atoms with E-state index >= 15 is 0 Å². The van der Waals surface area contributed by atoms with E-state index in [-0.39, 0.29) is 17.7 Å².